The molecule has 1 aromatic heterocycles. The maximum atomic E-state index is 12.4. The highest BCUT2D eigenvalue weighted by atomic mass is 16.5. The number of hydrogen-bond acceptors (Lipinski definition) is 6. The van der Waals surface area contributed by atoms with Gasteiger partial charge in [0.1, 0.15) is 6.54 Å². The quantitative estimate of drug-likeness (QED) is 0.747. The molecule has 8 nitrogen and oxygen atoms in total. The molecule has 3 rings (SSSR count). The molecule has 0 radical (unpaired) electrons. The summed E-state index contributed by atoms with van der Waals surface area (Å²) in [6.07, 6.45) is 0.548. The molecule has 0 unspecified atom stereocenters. The number of likely N-dealkylation sites (tertiary alicyclic amines) is 1. The van der Waals surface area contributed by atoms with E-state index in [0.717, 1.165) is 13.1 Å². The molecule has 2 aliphatic heterocycles. The topological polar surface area (TPSA) is 87.9 Å². The predicted octanol–water partition coefficient (Wildman–Crippen LogP) is -1.15. The Balaban J connectivity index is 1.59. The van der Waals surface area contributed by atoms with E-state index in [9.17, 15) is 14.7 Å². The average Bonchev–Trinajstić information content (AvgIpc) is 2.94. The molecule has 0 bridgehead atoms. The molecule has 3 heterocycles. The largest absolute Gasteiger partial charge is 0.387 e. The highest BCUT2D eigenvalue weighted by molar-refractivity contribution is 5.76. The van der Waals surface area contributed by atoms with E-state index < -0.39 is 5.60 Å². The van der Waals surface area contributed by atoms with Crippen LogP contribution in [-0.2, 0) is 16.1 Å². The minimum Gasteiger partial charge on any atom is -0.387 e. The fraction of sp³-hybridized carbons (Fsp3) is 0.688. The van der Waals surface area contributed by atoms with Crippen molar-refractivity contribution in [3.63, 3.8) is 0 Å². The van der Waals surface area contributed by atoms with Gasteiger partial charge in [-0.3, -0.25) is 14.5 Å². The van der Waals surface area contributed by atoms with Gasteiger partial charge in [0.2, 0.25) is 5.91 Å². The molecule has 0 saturated carbocycles. The Labute approximate surface area is 140 Å². The van der Waals surface area contributed by atoms with E-state index in [0.29, 0.717) is 45.0 Å². The fourth-order valence-electron chi connectivity index (χ4n) is 3.27. The van der Waals surface area contributed by atoms with Gasteiger partial charge >= 0.3 is 0 Å². The van der Waals surface area contributed by atoms with E-state index in [1.54, 1.807) is 17.9 Å². The van der Waals surface area contributed by atoms with E-state index in [4.69, 9.17) is 4.74 Å². The second kappa shape index (κ2) is 7.00. The van der Waals surface area contributed by atoms with Gasteiger partial charge in [-0.2, -0.15) is 5.10 Å². The summed E-state index contributed by atoms with van der Waals surface area (Å²) in [6.45, 7) is 6.00. The van der Waals surface area contributed by atoms with Gasteiger partial charge in [-0.1, -0.05) is 0 Å². The van der Waals surface area contributed by atoms with Crippen LogP contribution in [0.3, 0.4) is 0 Å². The normalized spacial score (nSPS) is 25.2. The Bertz CT molecular complexity index is 656. The monoisotopic (exact) mass is 336 g/mol. The van der Waals surface area contributed by atoms with Crippen molar-refractivity contribution in [2.24, 2.45) is 0 Å². The van der Waals surface area contributed by atoms with Gasteiger partial charge in [0, 0.05) is 32.2 Å². The first-order valence-electron chi connectivity index (χ1n) is 8.30. The van der Waals surface area contributed by atoms with Crippen molar-refractivity contribution >= 4 is 5.91 Å². The van der Waals surface area contributed by atoms with Gasteiger partial charge in [0.25, 0.3) is 5.56 Å². The Morgan fingerprint density at radius 3 is 2.83 bits per heavy atom. The lowest BCUT2D eigenvalue weighted by Crippen LogP contribution is -2.49. The third kappa shape index (κ3) is 4.00. The molecule has 0 spiro atoms. The van der Waals surface area contributed by atoms with Crippen LogP contribution in [0.4, 0.5) is 0 Å². The van der Waals surface area contributed by atoms with Crippen LogP contribution >= 0.6 is 0 Å². The zero-order valence-corrected chi connectivity index (χ0v) is 14.0. The Kier molecular flexibility index (Phi) is 4.98. The van der Waals surface area contributed by atoms with Gasteiger partial charge in [-0.05, 0) is 19.4 Å². The van der Waals surface area contributed by atoms with Crippen molar-refractivity contribution in [3.05, 3.63) is 28.2 Å². The van der Waals surface area contributed by atoms with Crippen LogP contribution in [0, 0.1) is 6.92 Å². The molecule has 1 N–H and O–H groups in total. The summed E-state index contributed by atoms with van der Waals surface area (Å²) < 4.78 is 6.49. The van der Waals surface area contributed by atoms with Gasteiger partial charge in [-0.25, -0.2) is 4.68 Å². The van der Waals surface area contributed by atoms with Gasteiger partial charge < -0.3 is 14.7 Å². The second-order valence-electron chi connectivity index (χ2n) is 6.65. The number of ether oxygens (including phenoxy) is 1. The van der Waals surface area contributed by atoms with Crippen molar-refractivity contribution in [1.29, 1.82) is 0 Å². The van der Waals surface area contributed by atoms with Crippen molar-refractivity contribution in [2.75, 3.05) is 45.9 Å². The number of aromatic nitrogens is 2. The summed E-state index contributed by atoms with van der Waals surface area (Å²) >= 11 is 0. The molecule has 0 aromatic carbocycles. The molecular formula is C16H24N4O4. The molecule has 1 aromatic rings. The van der Waals surface area contributed by atoms with Gasteiger partial charge in [0.05, 0.1) is 31.1 Å². The van der Waals surface area contributed by atoms with Gasteiger partial charge in [0.15, 0.2) is 0 Å². The third-order valence-electron chi connectivity index (χ3n) is 4.59. The second-order valence-corrected chi connectivity index (χ2v) is 6.65. The zero-order chi connectivity index (χ0) is 17.2. The number of rotatable bonds is 4. The van der Waals surface area contributed by atoms with Crippen LogP contribution in [0.1, 0.15) is 12.1 Å². The minimum absolute atomic E-state index is 0.0891. The lowest BCUT2D eigenvalue weighted by atomic mass is 10.0. The van der Waals surface area contributed by atoms with E-state index >= 15 is 0 Å². The first-order valence-corrected chi connectivity index (χ1v) is 8.30. The summed E-state index contributed by atoms with van der Waals surface area (Å²) in [4.78, 5) is 28.0. The molecule has 132 valence electrons. The summed E-state index contributed by atoms with van der Waals surface area (Å²) in [6, 6.07) is 3.04. The fourth-order valence-corrected chi connectivity index (χ4v) is 3.27. The van der Waals surface area contributed by atoms with E-state index in [1.165, 1.54) is 10.7 Å². The smallest absolute Gasteiger partial charge is 0.267 e. The number of β-amino-alcohol motifs (C(OH)–C–C–N with tert-alkyl or cyclic N) is 1. The van der Waals surface area contributed by atoms with Gasteiger partial charge in [-0.15, -0.1) is 0 Å². The molecule has 2 fully saturated rings. The summed E-state index contributed by atoms with van der Waals surface area (Å²) in [5, 5.41) is 14.9. The zero-order valence-electron chi connectivity index (χ0n) is 14.0. The van der Waals surface area contributed by atoms with E-state index in [2.05, 4.69) is 10.00 Å². The maximum Gasteiger partial charge on any atom is 0.267 e. The Morgan fingerprint density at radius 2 is 2.08 bits per heavy atom. The highest BCUT2D eigenvalue weighted by Gasteiger charge is 2.39. The van der Waals surface area contributed by atoms with Crippen LogP contribution in [0.2, 0.25) is 0 Å². The van der Waals surface area contributed by atoms with Crippen LogP contribution in [0.15, 0.2) is 16.9 Å². The molecule has 2 aliphatic rings. The van der Waals surface area contributed by atoms with E-state index in [-0.39, 0.29) is 18.0 Å². The minimum atomic E-state index is -0.891. The average molecular weight is 336 g/mol. The lowest BCUT2D eigenvalue weighted by Gasteiger charge is -2.33. The molecule has 24 heavy (non-hydrogen) atoms. The van der Waals surface area contributed by atoms with Crippen molar-refractivity contribution in [3.8, 4) is 0 Å². The van der Waals surface area contributed by atoms with Crippen LogP contribution in [-0.4, -0.2) is 82.1 Å². The lowest BCUT2D eigenvalue weighted by molar-refractivity contribution is -0.132. The molecule has 8 heteroatoms. The number of aliphatic hydroxyl groups is 1. The molecule has 0 aliphatic carbocycles. The van der Waals surface area contributed by atoms with Crippen molar-refractivity contribution in [2.45, 2.75) is 25.5 Å². The number of carbonyl (C=O) groups excluding carboxylic acids is 1. The number of amides is 1. The van der Waals surface area contributed by atoms with Crippen LogP contribution in [0.5, 0.6) is 0 Å². The van der Waals surface area contributed by atoms with Crippen LogP contribution in [0.25, 0.3) is 0 Å². The number of morpholine rings is 1. The van der Waals surface area contributed by atoms with Crippen molar-refractivity contribution in [1.82, 2.24) is 19.6 Å². The summed E-state index contributed by atoms with van der Waals surface area (Å²) in [5.74, 6) is -0.187. The first kappa shape index (κ1) is 17.1. The third-order valence-corrected chi connectivity index (χ3v) is 4.59. The molecule has 2 saturated heterocycles. The maximum absolute atomic E-state index is 12.4. The molecule has 1 amide bonds. The standard InChI is InChI=1S/C16H24N4O4/c1-13-2-3-14(21)20(17-13)10-15(22)19-5-4-16(23,12-19)11-18-6-8-24-9-7-18/h2-3,23H,4-12H2,1H3/t16-/m1/s1. The van der Waals surface area contributed by atoms with E-state index in [1.807, 2.05) is 0 Å². The van der Waals surface area contributed by atoms with Crippen molar-refractivity contribution < 1.29 is 14.6 Å². The highest BCUT2D eigenvalue weighted by Crippen LogP contribution is 2.23. The Hall–Kier alpha value is -1.77. The summed E-state index contributed by atoms with van der Waals surface area (Å²) in [7, 11) is 0. The first-order chi connectivity index (χ1) is 11.5. The Morgan fingerprint density at radius 1 is 1.33 bits per heavy atom. The number of aryl methyl sites for hydroxylation is 1. The number of carbonyl (C=O) groups is 1. The number of nitrogens with zero attached hydrogens (tertiary/aromatic N) is 4. The predicted molar refractivity (Wildman–Crippen MR) is 86.6 cm³/mol. The summed E-state index contributed by atoms with van der Waals surface area (Å²) in [5.41, 5.74) is -0.498. The van der Waals surface area contributed by atoms with Crippen LogP contribution < -0.4 is 5.56 Å². The SMILES string of the molecule is Cc1ccc(=O)n(CC(=O)N2CC[C@@](O)(CN3CCOCC3)C2)n1. The molecular weight excluding hydrogens is 312 g/mol. The molecule has 1 atom stereocenters. The number of hydrogen-bond donors (Lipinski definition) is 1.